The fraction of sp³-hybridized carbons (Fsp3) is 0.462. The maximum absolute atomic E-state index is 11.0. The Morgan fingerprint density at radius 2 is 1.94 bits per heavy atom. The minimum Gasteiger partial charge on any atom is -0.494 e. The fourth-order valence-corrected chi connectivity index (χ4v) is 1.30. The van der Waals surface area contributed by atoms with Crippen LogP contribution < -0.4 is 15.0 Å². The number of hydrogen-bond donors (Lipinski definition) is 2. The fourth-order valence-electron chi connectivity index (χ4n) is 1.30. The molecule has 0 aliphatic heterocycles. The molecule has 0 bridgehead atoms. The summed E-state index contributed by atoms with van der Waals surface area (Å²) in [4.78, 5) is 11.0. The van der Waals surface area contributed by atoms with Crippen LogP contribution in [0.2, 0.25) is 0 Å². The number of nitrogens with one attached hydrogen (secondary N) is 1. The number of benzene rings is 1. The zero-order valence-electron chi connectivity index (χ0n) is 10.7. The molecule has 1 aromatic carbocycles. The van der Waals surface area contributed by atoms with Crippen molar-refractivity contribution in [1.82, 2.24) is 5.48 Å². The van der Waals surface area contributed by atoms with Crippen LogP contribution in [-0.2, 0) is 4.79 Å². The van der Waals surface area contributed by atoms with Crippen LogP contribution >= 0.6 is 0 Å². The Kier molecular flexibility index (Phi) is 6.00. The lowest BCUT2D eigenvalue weighted by Crippen LogP contribution is -2.34. The van der Waals surface area contributed by atoms with Gasteiger partial charge in [0.05, 0.1) is 6.61 Å². The van der Waals surface area contributed by atoms with Crippen molar-refractivity contribution in [3.63, 3.8) is 0 Å². The van der Waals surface area contributed by atoms with Gasteiger partial charge < -0.3 is 9.47 Å². The van der Waals surface area contributed by atoms with Gasteiger partial charge in [0.1, 0.15) is 11.5 Å². The molecule has 1 aromatic rings. The third kappa shape index (κ3) is 4.63. The van der Waals surface area contributed by atoms with Gasteiger partial charge in [0.25, 0.3) is 5.91 Å². The van der Waals surface area contributed by atoms with E-state index < -0.39 is 12.0 Å². The van der Waals surface area contributed by atoms with Crippen LogP contribution in [0.25, 0.3) is 0 Å². The summed E-state index contributed by atoms with van der Waals surface area (Å²) in [6.45, 7) is 4.35. The molecule has 5 nitrogen and oxygen atoms in total. The third-order valence-electron chi connectivity index (χ3n) is 2.38. The van der Waals surface area contributed by atoms with Gasteiger partial charge in [-0.05, 0) is 37.6 Å². The Morgan fingerprint density at radius 3 is 2.50 bits per heavy atom. The molecule has 0 saturated heterocycles. The highest BCUT2D eigenvalue weighted by molar-refractivity contribution is 5.79. The van der Waals surface area contributed by atoms with Crippen LogP contribution in [0.1, 0.15) is 26.7 Å². The Morgan fingerprint density at radius 1 is 1.33 bits per heavy atom. The molecule has 0 heterocycles. The summed E-state index contributed by atoms with van der Waals surface area (Å²) in [7, 11) is 0. The lowest BCUT2D eigenvalue weighted by molar-refractivity contribution is -0.135. The van der Waals surface area contributed by atoms with Gasteiger partial charge >= 0.3 is 0 Å². The second kappa shape index (κ2) is 7.55. The zero-order chi connectivity index (χ0) is 13.4. The summed E-state index contributed by atoms with van der Waals surface area (Å²) in [5, 5.41) is 8.45. The van der Waals surface area contributed by atoms with Gasteiger partial charge in [-0.3, -0.25) is 10.0 Å². The van der Waals surface area contributed by atoms with Crippen LogP contribution in [0.15, 0.2) is 24.3 Å². The Balaban J connectivity index is 2.47. The van der Waals surface area contributed by atoms with Crippen molar-refractivity contribution in [3.05, 3.63) is 24.3 Å². The summed E-state index contributed by atoms with van der Waals surface area (Å²) in [5.41, 5.74) is 1.54. The van der Waals surface area contributed by atoms with E-state index in [1.54, 1.807) is 36.7 Å². The van der Waals surface area contributed by atoms with E-state index >= 15 is 0 Å². The van der Waals surface area contributed by atoms with Gasteiger partial charge in [-0.25, -0.2) is 5.48 Å². The van der Waals surface area contributed by atoms with Crippen molar-refractivity contribution in [2.45, 2.75) is 32.8 Å². The number of carbonyl (C=O) groups excluding carboxylic acids is 1. The summed E-state index contributed by atoms with van der Waals surface area (Å²) in [5.74, 6) is 0.738. The molecule has 0 fully saturated rings. The van der Waals surface area contributed by atoms with Crippen molar-refractivity contribution in [1.29, 1.82) is 0 Å². The quantitative estimate of drug-likeness (QED) is 0.444. The molecular formula is C13H19NO4. The van der Waals surface area contributed by atoms with E-state index in [4.69, 9.17) is 14.7 Å². The topological polar surface area (TPSA) is 67.8 Å². The Bertz CT molecular complexity index is 364. The van der Waals surface area contributed by atoms with Crippen molar-refractivity contribution in [2.24, 2.45) is 0 Å². The number of hydroxylamine groups is 1. The summed E-state index contributed by atoms with van der Waals surface area (Å²) in [6.07, 6.45) is 1.36. The standard InChI is InChI=1S/C13H19NO4/c1-3-4-9-17-11-5-7-12(8-6-11)18-10(2)13(15)14-16/h5-8,10,16H,3-4,9H2,1-2H3,(H,14,15)/t10-/m0/s1. The van der Waals surface area contributed by atoms with Crippen LogP contribution in [0.4, 0.5) is 0 Å². The predicted molar refractivity (Wildman–Crippen MR) is 66.9 cm³/mol. The summed E-state index contributed by atoms with van der Waals surface area (Å²) < 4.78 is 10.8. The smallest absolute Gasteiger partial charge is 0.284 e. The first-order valence-corrected chi connectivity index (χ1v) is 6.00. The second-order valence-corrected chi connectivity index (χ2v) is 3.91. The van der Waals surface area contributed by atoms with Crippen LogP contribution in [0, 0.1) is 0 Å². The van der Waals surface area contributed by atoms with E-state index in [2.05, 4.69) is 6.92 Å². The van der Waals surface area contributed by atoms with E-state index in [1.807, 2.05) is 0 Å². The molecule has 0 saturated carbocycles. The van der Waals surface area contributed by atoms with Gasteiger partial charge in [-0.1, -0.05) is 13.3 Å². The molecule has 0 unspecified atom stereocenters. The molecule has 1 atom stereocenters. The minimum atomic E-state index is -0.748. The van der Waals surface area contributed by atoms with Crippen molar-refractivity contribution in [3.8, 4) is 11.5 Å². The molecule has 1 rings (SSSR count). The van der Waals surface area contributed by atoms with Gasteiger partial charge in [0.15, 0.2) is 6.10 Å². The number of carbonyl (C=O) groups is 1. The number of rotatable bonds is 7. The van der Waals surface area contributed by atoms with E-state index in [0.717, 1.165) is 18.6 Å². The third-order valence-corrected chi connectivity index (χ3v) is 2.38. The van der Waals surface area contributed by atoms with Crippen LogP contribution in [0.3, 0.4) is 0 Å². The van der Waals surface area contributed by atoms with E-state index in [0.29, 0.717) is 12.4 Å². The predicted octanol–water partition coefficient (Wildman–Crippen LogP) is 2.14. The molecule has 2 N–H and O–H groups in total. The van der Waals surface area contributed by atoms with Crippen molar-refractivity contribution >= 4 is 5.91 Å². The molecule has 100 valence electrons. The minimum absolute atomic E-state index is 0.550. The van der Waals surface area contributed by atoms with Gasteiger partial charge in [0, 0.05) is 0 Å². The van der Waals surface area contributed by atoms with Crippen LogP contribution in [0.5, 0.6) is 11.5 Å². The maximum Gasteiger partial charge on any atom is 0.284 e. The molecule has 0 aliphatic carbocycles. The SMILES string of the molecule is CCCCOc1ccc(O[C@@H](C)C(=O)NO)cc1. The lowest BCUT2D eigenvalue weighted by atomic mass is 10.3. The average Bonchev–Trinajstić information content (AvgIpc) is 2.40. The van der Waals surface area contributed by atoms with Crippen molar-refractivity contribution < 1.29 is 19.5 Å². The average molecular weight is 253 g/mol. The van der Waals surface area contributed by atoms with Crippen molar-refractivity contribution in [2.75, 3.05) is 6.61 Å². The van der Waals surface area contributed by atoms with E-state index in [-0.39, 0.29) is 0 Å². The second-order valence-electron chi connectivity index (χ2n) is 3.91. The molecular weight excluding hydrogens is 234 g/mol. The monoisotopic (exact) mass is 253 g/mol. The largest absolute Gasteiger partial charge is 0.494 e. The first-order valence-electron chi connectivity index (χ1n) is 6.00. The Hall–Kier alpha value is -1.75. The van der Waals surface area contributed by atoms with Gasteiger partial charge in [-0.2, -0.15) is 0 Å². The molecule has 0 radical (unpaired) electrons. The normalized spacial score (nSPS) is 11.7. The lowest BCUT2D eigenvalue weighted by Gasteiger charge is -2.13. The van der Waals surface area contributed by atoms with E-state index in [1.165, 1.54) is 0 Å². The van der Waals surface area contributed by atoms with E-state index in [9.17, 15) is 4.79 Å². The van der Waals surface area contributed by atoms with Crippen LogP contribution in [-0.4, -0.2) is 23.8 Å². The number of unbranched alkanes of at least 4 members (excludes halogenated alkanes) is 1. The number of hydrogen-bond acceptors (Lipinski definition) is 4. The molecule has 0 aliphatic rings. The van der Waals surface area contributed by atoms with Gasteiger partial charge in [-0.15, -0.1) is 0 Å². The highest BCUT2D eigenvalue weighted by Gasteiger charge is 2.13. The first-order chi connectivity index (χ1) is 8.67. The zero-order valence-corrected chi connectivity index (χ0v) is 10.7. The summed E-state index contributed by atoms with van der Waals surface area (Å²) in [6, 6.07) is 7.02. The first kappa shape index (κ1) is 14.3. The highest BCUT2D eigenvalue weighted by Crippen LogP contribution is 2.18. The maximum atomic E-state index is 11.0. The molecule has 18 heavy (non-hydrogen) atoms. The molecule has 1 amide bonds. The molecule has 0 spiro atoms. The summed E-state index contributed by atoms with van der Waals surface area (Å²) >= 11 is 0. The highest BCUT2D eigenvalue weighted by atomic mass is 16.5. The Labute approximate surface area is 107 Å². The number of ether oxygens (including phenoxy) is 2. The molecule has 5 heteroatoms. The van der Waals surface area contributed by atoms with Gasteiger partial charge in [0.2, 0.25) is 0 Å². The number of amides is 1. The molecule has 0 aromatic heterocycles.